The van der Waals surface area contributed by atoms with Crippen LogP contribution in [0.5, 0.6) is 0 Å². The predicted octanol–water partition coefficient (Wildman–Crippen LogP) is 4.54. The number of anilines is 2. The molecule has 5 nitrogen and oxygen atoms in total. The number of rotatable bonds is 3. The normalized spacial score (nSPS) is 14.1. The topological polar surface area (TPSA) is 52.7 Å². The molecule has 1 heterocycles. The third-order valence-electron chi connectivity index (χ3n) is 5.29. The van der Waals surface area contributed by atoms with Crippen molar-refractivity contribution in [3.8, 4) is 0 Å². The lowest BCUT2D eigenvalue weighted by Crippen LogP contribution is -2.50. The molecule has 0 aromatic heterocycles. The van der Waals surface area contributed by atoms with E-state index in [0.29, 0.717) is 37.4 Å². The summed E-state index contributed by atoms with van der Waals surface area (Å²) in [6, 6.07) is 18.1. The van der Waals surface area contributed by atoms with E-state index in [4.69, 9.17) is 0 Å². The minimum absolute atomic E-state index is 0.159. The summed E-state index contributed by atoms with van der Waals surface area (Å²) in [7, 11) is 0. The number of amides is 2. The van der Waals surface area contributed by atoms with Crippen molar-refractivity contribution >= 4 is 34.0 Å². The van der Waals surface area contributed by atoms with Crippen molar-refractivity contribution in [3.63, 3.8) is 0 Å². The maximum absolute atomic E-state index is 14.4. The smallest absolute Gasteiger partial charge is 0.321 e. The molecule has 1 N–H and O–H groups in total. The van der Waals surface area contributed by atoms with Crippen LogP contribution in [0.2, 0.25) is 0 Å². The Bertz CT molecular complexity index is 1070. The number of carbonyl (C=O) groups excluding carboxylic acids is 2. The number of nitrogens with one attached hydrogen (secondary N) is 1. The Kier molecular flexibility index (Phi) is 5.16. The highest BCUT2D eigenvalue weighted by Gasteiger charge is 2.23. The van der Waals surface area contributed by atoms with Gasteiger partial charge in [0, 0.05) is 37.1 Å². The first-order valence-corrected chi connectivity index (χ1v) is 9.62. The second kappa shape index (κ2) is 7.91. The molecule has 0 bridgehead atoms. The molecule has 0 saturated carbocycles. The van der Waals surface area contributed by atoms with Gasteiger partial charge in [0.2, 0.25) is 0 Å². The van der Waals surface area contributed by atoms with E-state index in [9.17, 15) is 14.0 Å². The first-order chi connectivity index (χ1) is 14.0. The van der Waals surface area contributed by atoms with Crippen LogP contribution in [-0.2, 0) is 0 Å². The number of Topliss-reactive ketones (excluding diaryl/α,β-unsaturated/α-hetero) is 1. The quantitative estimate of drug-likeness (QED) is 0.667. The minimum Gasteiger partial charge on any atom is -0.366 e. The van der Waals surface area contributed by atoms with Crippen LogP contribution < -0.4 is 10.2 Å². The van der Waals surface area contributed by atoms with Crippen molar-refractivity contribution in [3.05, 3.63) is 72.0 Å². The van der Waals surface area contributed by atoms with E-state index in [1.807, 2.05) is 47.4 Å². The number of halogens is 1. The van der Waals surface area contributed by atoms with Gasteiger partial charge in [-0.05, 0) is 36.6 Å². The van der Waals surface area contributed by atoms with Gasteiger partial charge in [-0.25, -0.2) is 9.18 Å². The molecular weight excluding hydrogens is 369 g/mol. The van der Waals surface area contributed by atoms with Gasteiger partial charge in [-0.2, -0.15) is 0 Å². The van der Waals surface area contributed by atoms with Gasteiger partial charge in [0.25, 0.3) is 0 Å². The van der Waals surface area contributed by atoms with Crippen molar-refractivity contribution in [2.75, 3.05) is 36.4 Å². The summed E-state index contributed by atoms with van der Waals surface area (Å²) in [4.78, 5) is 27.8. The average molecular weight is 391 g/mol. The number of carbonyl (C=O) groups is 2. The SMILES string of the molecule is CC(=O)c1ccc(N2CCN(C(=O)Nc3cccc4ccccc34)CC2)c(F)c1. The van der Waals surface area contributed by atoms with E-state index in [1.165, 1.54) is 13.0 Å². The highest BCUT2D eigenvalue weighted by atomic mass is 19.1. The number of hydrogen-bond acceptors (Lipinski definition) is 3. The van der Waals surface area contributed by atoms with Gasteiger partial charge >= 0.3 is 6.03 Å². The third kappa shape index (κ3) is 3.92. The third-order valence-corrected chi connectivity index (χ3v) is 5.29. The molecule has 1 saturated heterocycles. The maximum Gasteiger partial charge on any atom is 0.321 e. The zero-order valence-electron chi connectivity index (χ0n) is 16.2. The van der Waals surface area contributed by atoms with Crippen molar-refractivity contribution in [2.24, 2.45) is 0 Å². The number of ketones is 1. The number of hydrogen-bond donors (Lipinski definition) is 1. The molecule has 0 aliphatic carbocycles. The number of piperazine rings is 1. The van der Waals surface area contributed by atoms with Crippen molar-refractivity contribution < 1.29 is 14.0 Å². The van der Waals surface area contributed by atoms with Gasteiger partial charge in [-0.1, -0.05) is 36.4 Å². The van der Waals surface area contributed by atoms with E-state index in [0.717, 1.165) is 16.5 Å². The average Bonchev–Trinajstić information content (AvgIpc) is 2.74. The molecule has 29 heavy (non-hydrogen) atoms. The predicted molar refractivity (Wildman–Crippen MR) is 113 cm³/mol. The van der Waals surface area contributed by atoms with Crippen molar-refractivity contribution in [2.45, 2.75) is 6.92 Å². The lowest BCUT2D eigenvalue weighted by Gasteiger charge is -2.36. The molecule has 0 radical (unpaired) electrons. The number of urea groups is 1. The van der Waals surface area contributed by atoms with Crippen LogP contribution in [0.25, 0.3) is 10.8 Å². The van der Waals surface area contributed by atoms with E-state index < -0.39 is 5.82 Å². The zero-order chi connectivity index (χ0) is 20.4. The molecule has 1 fully saturated rings. The molecule has 0 spiro atoms. The lowest BCUT2D eigenvalue weighted by atomic mass is 10.1. The largest absolute Gasteiger partial charge is 0.366 e. The summed E-state index contributed by atoms with van der Waals surface area (Å²) in [6.45, 7) is 3.45. The Labute approximate surface area is 168 Å². The van der Waals surface area contributed by atoms with Crippen LogP contribution >= 0.6 is 0 Å². The molecule has 148 valence electrons. The molecule has 3 aromatic rings. The fourth-order valence-corrected chi connectivity index (χ4v) is 3.66. The van der Waals surface area contributed by atoms with Crippen LogP contribution in [0.3, 0.4) is 0 Å². The molecule has 1 aliphatic rings. The summed E-state index contributed by atoms with van der Waals surface area (Å²) < 4.78 is 14.4. The molecule has 2 amide bonds. The maximum atomic E-state index is 14.4. The van der Waals surface area contributed by atoms with Gasteiger partial charge in [0.1, 0.15) is 5.82 Å². The molecule has 0 atom stereocenters. The number of fused-ring (bicyclic) bond motifs is 1. The Hall–Kier alpha value is -3.41. The van der Waals surface area contributed by atoms with Crippen LogP contribution in [0.15, 0.2) is 60.7 Å². The Balaban J connectivity index is 1.42. The summed E-state index contributed by atoms with van der Waals surface area (Å²) in [5.74, 6) is -0.572. The van der Waals surface area contributed by atoms with Crippen LogP contribution in [0.1, 0.15) is 17.3 Å². The number of nitrogens with zero attached hydrogens (tertiary/aromatic N) is 2. The number of benzene rings is 3. The Morgan fingerprint density at radius 1 is 0.931 bits per heavy atom. The van der Waals surface area contributed by atoms with E-state index >= 15 is 0 Å². The first-order valence-electron chi connectivity index (χ1n) is 9.62. The fraction of sp³-hybridized carbons (Fsp3) is 0.217. The molecule has 6 heteroatoms. The molecule has 4 rings (SSSR count). The lowest BCUT2D eigenvalue weighted by molar-refractivity contribution is 0.101. The van der Waals surface area contributed by atoms with Crippen molar-refractivity contribution in [1.82, 2.24) is 4.90 Å². The standard InChI is InChI=1S/C23H22FN3O2/c1-16(28)18-9-10-22(20(24)15-18)26-11-13-27(14-12-26)23(29)25-21-8-4-6-17-5-2-3-7-19(17)21/h2-10,15H,11-14H2,1H3,(H,25,29). The Morgan fingerprint density at radius 3 is 2.38 bits per heavy atom. The molecule has 3 aromatic carbocycles. The second-order valence-electron chi connectivity index (χ2n) is 7.15. The van der Waals surface area contributed by atoms with Crippen LogP contribution in [0.4, 0.5) is 20.6 Å². The van der Waals surface area contributed by atoms with E-state index in [2.05, 4.69) is 5.32 Å². The van der Waals surface area contributed by atoms with Crippen molar-refractivity contribution in [1.29, 1.82) is 0 Å². The highest BCUT2D eigenvalue weighted by Crippen LogP contribution is 2.25. The molecule has 1 aliphatic heterocycles. The first kappa shape index (κ1) is 18.9. The summed E-state index contributed by atoms with van der Waals surface area (Å²) in [5, 5.41) is 5.06. The zero-order valence-corrected chi connectivity index (χ0v) is 16.2. The van der Waals surface area contributed by atoms with Gasteiger partial charge in [-0.3, -0.25) is 4.79 Å². The summed E-state index contributed by atoms with van der Waals surface area (Å²) in [5.41, 5.74) is 1.60. The van der Waals surface area contributed by atoms with Gasteiger partial charge < -0.3 is 15.1 Å². The van der Waals surface area contributed by atoms with E-state index in [1.54, 1.807) is 17.0 Å². The highest BCUT2D eigenvalue weighted by molar-refractivity contribution is 6.01. The van der Waals surface area contributed by atoms with Gasteiger partial charge in [-0.15, -0.1) is 0 Å². The Morgan fingerprint density at radius 2 is 1.66 bits per heavy atom. The molecule has 0 unspecified atom stereocenters. The second-order valence-corrected chi connectivity index (χ2v) is 7.15. The van der Waals surface area contributed by atoms with Gasteiger partial charge in [0.15, 0.2) is 5.78 Å². The van der Waals surface area contributed by atoms with Crippen LogP contribution in [-0.4, -0.2) is 42.9 Å². The summed E-state index contributed by atoms with van der Waals surface area (Å²) >= 11 is 0. The van der Waals surface area contributed by atoms with Crippen LogP contribution in [0, 0.1) is 5.82 Å². The molecular formula is C23H22FN3O2. The minimum atomic E-state index is -0.411. The van der Waals surface area contributed by atoms with Gasteiger partial charge in [0.05, 0.1) is 11.4 Å². The fourth-order valence-electron chi connectivity index (χ4n) is 3.66. The van der Waals surface area contributed by atoms with E-state index in [-0.39, 0.29) is 11.8 Å². The summed E-state index contributed by atoms with van der Waals surface area (Å²) in [6.07, 6.45) is 0. The monoisotopic (exact) mass is 391 g/mol.